The summed E-state index contributed by atoms with van der Waals surface area (Å²) in [7, 11) is 0. The Labute approximate surface area is 189 Å². The Morgan fingerprint density at radius 3 is 2.59 bits per heavy atom. The number of hydrogen-bond acceptors (Lipinski definition) is 5. The maximum atomic E-state index is 12.3. The van der Waals surface area contributed by atoms with Gasteiger partial charge in [-0.25, -0.2) is 4.98 Å². The van der Waals surface area contributed by atoms with E-state index in [0.29, 0.717) is 13.0 Å². The Bertz CT molecular complexity index is 1040. The van der Waals surface area contributed by atoms with Crippen LogP contribution in [0.2, 0.25) is 0 Å². The van der Waals surface area contributed by atoms with Crippen LogP contribution in [0.3, 0.4) is 0 Å². The minimum absolute atomic E-state index is 0.0130. The Morgan fingerprint density at radius 1 is 1.06 bits per heavy atom. The molecule has 2 heterocycles. The van der Waals surface area contributed by atoms with Crippen molar-refractivity contribution in [3.8, 4) is 5.75 Å². The van der Waals surface area contributed by atoms with Crippen molar-refractivity contribution in [3.63, 3.8) is 0 Å². The van der Waals surface area contributed by atoms with E-state index in [9.17, 15) is 4.79 Å². The van der Waals surface area contributed by atoms with Gasteiger partial charge in [0.1, 0.15) is 11.6 Å². The molecule has 1 fully saturated rings. The van der Waals surface area contributed by atoms with Crippen LogP contribution in [-0.4, -0.2) is 66.4 Å². The number of carbonyl (C=O) groups is 1. The molecular formula is C25H32N4O3. The fourth-order valence-electron chi connectivity index (χ4n) is 4.16. The summed E-state index contributed by atoms with van der Waals surface area (Å²) in [5, 5.41) is 2.97. The summed E-state index contributed by atoms with van der Waals surface area (Å²) in [5.41, 5.74) is 4.20. The van der Waals surface area contributed by atoms with Crippen LogP contribution in [0.4, 0.5) is 0 Å². The maximum absolute atomic E-state index is 12.3. The standard InChI is InChI=1S/C25H32N4O3/c1-19-6-5-7-20(2)25(19)32-18-24(30)26-11-10-23-27-21-8-3-4-9-22(21)29(23)13-12-28-14-16-31-17-15-28/h3-9H,10-18H2,1-2H3,(H,26,30). The smallest absolute Gasteiger partial charge is 0.257 e. The lowest BCUT2D eigenvalue weighted by Gasteiger charge is -2.27. The first-order valence-corrected chi connectivity index (χ1v) is 11.3. The molecule has 0 spiro atoms. The summed E-state index contributed by atoms with van der Waals surface area (Å²) in [4.78, 5) is 19.6. The second-order valence-electron chi connectivity index (χ2n) is 8.23. The van der Waals surface area contributed by atoms with Crippen molar-refractivity contribution in [2.45, 2.75) is 26.8 Å². The largest absolute Gasteiger partial charge is 0.483 e. The van der Waals surface area contributed by atoms with E-state index in [1.165, 1.54) is 0 Å². The van der Waals surface area contributed by atoms with Gasteiger partial charge in [-0.15, -0.1) is 0 Å². The molecular weight excluding hydrogens is 404 g/mol. The van der Waals surface area contributed by atoms with Gasteiger partial charge >= 0.3 is 0 Å². The van der Waals surface area contributed by atoms with Crippen LogP contribution in [0.25, 0.3) is 11.0 Å². The molecule has 1 aromatic heterocycles. The minimum Gasteiger partial charge on any atom is -0.483 e. The summed E-state index contributed by atoms with van der Waals surface area (Å²) in [6.45, 7) is 9.89. The van der Waals surface area contributed by atoms with E-state index in [2.05, 4.69) is 20.9 Å². The lowest BCUT2D eigenvalue weighted by molar-refractivity contribution is -0.123. The van der Waals surface area contributed by atoms with Crippen molar-refractivity contribution in [3.05, 3.63) is 59.4 Å². The third-order valence-electron chi connectivity index (χ3n) is 5.90. The molecule has 1 N–H and O–H groups in total. The highest BCUT2D eigenvalue weighted by Gasteiger charge is 2.14. The maximum Gasteiger partial charge on any atom is 0.257 e. The lowest BCUT2D eigenvalue weighted by Crippen LogP contribution is -2.38. The summed E-state index contributed by atoms with van der Waals surface area (Å²) >= 11 is 0. The van der Waals surface area contributed by atoms with Gasteiger partial charge in [-0.1, -0.05) is 30.3 Å². The number of aryl methyl sites for hydroxylation is 2. The number of nitrogens with one attached hydrogen (secondary N) is 1. The van der Waals surface area contributed by atoms with Gasteiger partial charge in [-0.05, 0) is 37.1 Å². The molecule has 0 atom stereocenters. The number of amides is 1. The molecule has 32 heavy (non-hydrogen) atoms. The van der Waals surface area contributed by atoms with Gasteiger partial charge in [0, 0.05) is 39.1 Å². The second-order valence-corrected chi connectivity index (χ2v) is 8.23. The highest BCUT2D eigenvalue weighted by atomic mass is 16.5. The molecule has 170 valence electrons. The van der Waals surface area contributed by atoms with Crippen molar-refractivity contribution >= 4 is 16.9 Å². The number of nitrogens with zero attached hydrogens (tertiary/aromatic N) is 3. The third-order valence-corrected chi connectivity index (χ3v) is 5.90. The molecule has 0 bridgehead atoms. The Balaban J connectivity index is 1.33. The van der Waals surface area contributed by atoms with E-state index in [-0.39, 0.29) is 12.5 Å². The molecule has 7 heteroatoms. The van der Waals surface area contributed by atoms with Gasteiger partial charge in [-0.3, -0.25) is 9.69 Å². The van der Waals surface area contributed by atoms with Gasteiger partial charge in [0.25, 0.3) is 5.91 Å². The molecule has 4 rings (SSSR count). The van der Waals surface area contributed by atoms with E-state index in [1.54, 1.807) is 0 Å². The van der Waals surface area contributed by atoms with Crippen LogP contribution >= 0.6 is 0 Å². The lowest BCUT2D eigenvalue weighted by atomic mass is 10.1. The zero-order valence-electron chi connectivity index (χ0n) is 19.0. The van der Waals surface area contributed by atoms with Crippen LogP contribution in [-0.2, 0) is 22.5 Å². The summed E-state index contributed by atoms with van der Waals surface area (Å²) < 4.78 is 13.5. The number of rotatable bonds is 9. The number of aromatic nitrogens is 2. The van der Waals surface area contributed by atoms with Crippen molar-refractivity contribution in [1.82, 2.24) is 19.8 Å². The number of ether oxygens (including phenoxy) is 2. The highest BCUT2D eigenvalue weighted by molar-refractivity contribution is 5.78. The van der Waals surface area contributed by atoms with E-state index in [1.807, 2.05) is 50.2 Å². The SMILES string of the molecule is Cc1cccc(C)c1OCC(=O)NCCc1nc2ccccc2n1CCN1CCOCC1. The normalized spacial score (nSPS) is 14.6. The van der Waals surface area contributed by atoms with E-state index in [0.717, 1.165) is 73.1 Å². The first kappa shape index (κ1) is 22.3. The molecule has 3 aromatic rings. The van der Waals surface area contributed by atoms with Gasteiger partial charge in [-0.2, -0.15) is 0 Å². The van der Waals surface area contributed by atoms with Crippen molar-refractivity contribution in [2.24, 2.45) is 0 Å². The number of fused-ring (bicyclic) bond motifs is 1. The van der Waals surface area contributed by atoms with Gasteiger partial charge < -0.3 is 19.4 Å². The predicted molar refractivity (Wildman–Crippen MR) is 125 cm³/mol. The number of hydrogen-bond donors (Lipinski definition) is 1. The first-order chi connectivity index (χ1) is 15.6. The quantitative estimate of drug-likeness (QED) is 0.559. The molecule has 1 saturated heterocycles. The Morgan fingerprint density at radius 2 is 1.81 bits per heavy atom. The molecule has 1 aliphatic heterocycles. The Kier molecular flexibility index (Phi) is 7.39. The molecule has 1 amide bonds. The molecule has 0 saturated carbocycles. The van der Waals surface area contributed by atoms with Crippen LogP contribution in [0.15, 0.2) is 42.5 Å². The predicted octanol–water partition coefficient (Wildman–Crippen LogP) is 2.72. The topological polar surface area (TPSA) is 68.6 Å². The molecule has 0 unspecified atom stereocenters. The zero-order chi connectivity index (χ0) is 22.3. The Hall–Kier alpha value is -2.90. The summed E-state index contributed by atoms with van der Waals surface area (Å²) in [6.07, 6.45) is 0.674. The fourth-order valence-corrected chi connectivity index (χ4v) is 4.16. The van der Waals surface area contributed by atoms with E-state index >= 15 is 0 Å². The van der Waals surface area contributed by atoms with Gasteiger partial charge in [0.15, 0.2) is 6.61 Å². The number of para-hydroxylation sites is 3. The third kappa shape index (κ3) is 5.47. The number of carbonyl (C=O) groups excluding carboxylic acids is 1. The monoisotopic (exact) mass is 436 g/mol. The van der Waals surface area contributed by atoms with Crippen LogP contribution in [0, 0.1) is 13.8 Å². The minimum atomic E-state index is -0.122. The number of benzene rings is 2. The van der Waals surface area contributed by atoms with Crippen molar-refractivity contribution < 1.29 is 14.3 Å². The highest BCUT2D eigenvalue weighted by Crippen LogP contribution is 2.22. The van der Waals surface area contributed by atoms with Crippen LogP contribution in [0.1, 0.15) is 17.0 Å². The first-order valence-electron chi connectivity index (χ1n) is 11.3. The molecule has 7 nitrogen and oxygen atoms in total. The molecule has 0 radical (unpaired) electrons. The molecule has 1 aliphatic rings. The van der Waals surface area contributed by atoms with Crippen LogP contribution < -0.4 is 10.1 Å². The van der Waals surface area contributed by atoms with Crippen LogP contribution in [0.5, 0.6) is 5.75 Å². The average Bonchev–Trinajstić information content (AvgIpc) is 3.15. The van der Waals surface area contributed by atoms with Crippen molar-refractivity contribution in [1.29, 1.82) is 0 Å². The molecule has 2 aromatic carbocycles. The fraction of sp³-hybridized carbons (Fsp3) is 0.440. The van der Waals surface area contributed by atoms with E-state index in [4.69, 9.17) is 14.5 Å². The summed E-state index contributed by atoms with van der Waals surface area (Å²) in [5.74, 6) is 1.66. The second kappa shape index (κ2) is 10.6. The van der Waals surface area contributed by atoms with E-state index < -0.39 is 0 Å². The average molecular weight is 437 g/mol. The zero-order valence-corrected chi connectivity index (χ0v) is 19.0. The number of morpholine rings is 1. The number of imidazole rings is 1. The molecule has 0 aliphatic carbocycles. The van der Waals surface area contributed by atoms with Gasteiger partial charge in [0.05, 0.1) is 24.2 Å². The summed E-state index contributed by atoms with van der Waals surface area (Å²) in [6, 6.07) is 14.2. The van der Waals surface area contributed by atoms with Crippen molar-refractivity contribution in [2.75, 3.05) is 46.0 Å². The van der Waals surface area contributed by atoms with Gasteiger partial charge in [0.2, 0.25) is 0 Å².